The Morgan fingerprint density at radius 1 is 1.24 bits per heavy atom. The Bertz CT molecular complexity index is 646. The number of rotatable bonds is 3. The minimum absolute atomic E-state index is 0.150. The number of carbonyl (C=O) groups is 1. The number of hydrogen-bond donors (Lipinski definition) is 1. The standard InChI is InChI=1S/C13H13F3N4O/c1-8-18-19-11(20(8)2)7-17-12(21)9-3-5-10(6-4-9)13(14,15)16/h3-6H,7H2,1-2H3,(H,17,21). The monoisotopic (exact) mass is 298 g/mol. The summed E-state index contributed by atoms with van der Waals surface area (Å²) in [7, 11) is 1.76. The number of benzene rings is 1. The van der Waals surface area contributed by atoms with Gasteiger partial charge < -0.3 is 9.88 Å². The molecule has 0 atom stereocenters. The lowest BCUT2D eigenvalue weighted by molar-refractivity contribution is -0.137. The van der Waals surface area contributed by atoms with Crippen molar-refractivity contribution in [2.24, 2.45) is 7.05 Å². The summed E-state index contributed by atoms with van der Waals surface area (Å²) in [5, 5.41) is 10.3. The zero-order chi connectivity index (χ0) is 15.6. The van der Waals surface area contributed by atoms with Crippen molar-refractivity contribution in [1.82, 2.24) is 20.1 Å². The van der Waals surface area contributed by atoms with E-state index < -0.39 is 17.6 Å². The SMILES string of the molecule is Cc1nnc(CNC(=O)c2ccc(C(F)(F)F)cc2)n1C. The van der Waals surface area contributed by atoms with Gasteiger partial charge in [0.05, 0.1) is 12.1 Å². The van der Waals surface area contributed by atoms with Crippen LogP contribution < -0.4 is 5.32 Å². The van der Waals surface area contributed by atoms with Crippen molar-refractivity contribution in [2.45, 2.75) is 19.6 Å². The summed E-state index contributed by atoms with van der Waals surface area (Å²) in [6.07, 6.45) is -4.41. The lowest BCUT2D eigenvalue weighted by Gasteiger charge is -2.08. The molecule has 1 amide bonds. The van der Waals surface area contributed by atoms with Crippen LogP contribution in [-0.4, -0.2) is 20.7 Å². The van der Waals surface area contributed by atoms with Crippen molar-refractivity contribution in [1.29, 1.82) is 0 Å². The Balaban J connectivity index is 2.02. The van der Waals surface area contributed by atoms with Gasteiger partial charge in [-0.15, -0.1) is 10.2 Å². The normalized spacial score (nSPS) is 11.5. The van der Waals surface area contributed by atoms with Crippen LogP contribution in [0.4, 0.5) is 13.2 Å². The van der Waals surface area contributed by atoms with Crippen LogP contribution in [0, 0.1) is 6.92 Å². The summed E-state index contributed by atoms with van der Waals surface area (Å²) in [4.78, 5) is 11.8. The smallest absolute Gasteiger partial charge is 0.345 e. The summed E-state index contributed by atoms with van der Waals surface area (Å²) in [5.41, 5.74) is -0.634. The van der Waals surface area contributed by atoms with Crippen molar-refractivity contribution < 1.29 is 18.0 Å². The Morgan fingerprint density at radius 2 is 1.86 bits per heavy atom. The molecule has 2 rings (SSSR count). The van der Waals surface area contributed by atoms with Gasteiger partial charge in [-0.2, -0.15) is 13.2 Å². The van der Waals surface area contributed by atoms with Crippen molar-refractivity contribution in [3.05, 3.63) is 47.0 Å². The summed E-state index contributed by atoms with van der Waals surface area (Å²) < 4.78 is 39.0. The third-order valence-corrected chi connectivity index (χ3v) is 3.06. The molecule has 0 aliphatic carbocycles. The van der Waals surface area contributed by atoms with Gasteiger partial charge in [0, 0.05) is 12.6 Å². The van der Waals surface area contributed by atoms with Crippen LogP contribution in [-0.2, 0) is 19.8 Å². The molecule has 0 unspecified atom stereocenters. The molecule has 8 heteroatoms. The van der Waals surface area contributed by atoms with Crippen LogP contribution in [0.3, 0.4) is 0 Å². The molecule has 0 aliphatic rings. The first kappa shape index (κ1) is 15.0. The quantitative estimate of drug-likeness (QED) is 0.943. The average molecular weight is 298 g/mol. The Hall–Kier alpha value is -2.38. The molecule has 0 bridgehead atoms. The zero-order valence-corrected chi connectivity index (χ0v) is 11.4. The van der Waals surface area contributed by atoms with E-state index in [0.29, 0.717) is 11.6 Å². The lowest BCUT2D eigenvalue weighted by atomic mass is 10.1. The lowest BCUT2D eigenvalue weighted by Crippen LogP contribution is -2.24. The Kier molecular flexibility index (Phi) is 3.97. The molecule has 0 saturated carbocycles. The van der Waals surface area contributed by atoms with Gasteiger partial charge in [0.1, 0.15) is 5.82 Å². The van der Waals surface area contributed by atoms with Crippen molar-refractivity contribution in [3.63, 3.8) is 0 Å². The molecule has 1 heterocycles. The maximum absolute atomic E-state index is 12.4. The molecular weight excluding hydrogens is 285 g/mol. The highest BCUT2D eigenvalue weighted by atomic mass is 19.4. The second-order valence-electron chi connectivity index (χ2n) is 4.48. The molecule has 1 N–H and O–H groups in total. The third kappa shape index (κ3) is 3.39. The van der Waals surface area contributed by atoms with E-state index in [1.165, 1.54) is 0 Å². The van der Waals surface area contributed by atoms with Gasteiger partial charge in [-0.1, -0.05) is 0 Å². The number of alkyl halides is 3. The van der Waals surface area contributed by atoms with E-state index in [0.717, 1.165) is 24.3 Å². The van der Waals surface area contributed by atoms with Gasteiger partial charge in [-0.25, -0.2) is 0 Å². The van der Waals surface area contributed by atoms with E-state index in [1.54, 1.807) is 18.5 Å². The van der Waals surface area contributed by atoms with Crippen LogP contribution >= 0.6 is 0 Å². The third-order valence-electron chi connectivity index (χ3n) is 3.06. The number of aromatic nitrogens is 3. The predicted octanol–water partition coefficient (Wildman–Crippen LogP) is 2.07. The highest BCUT2D eigenvalue weighted by molar-refractivity contribution is 5.94. The number of nitrogens with zero attached hydrogens (tertiary/aromatic N) is 3. The van der Waals surface area contributed by atoms with Gasteiger partial charge in [-0.05, 0) is 31.2 Å². The first-order chi connectivity index (χ1) is 9.79. The second kappa shape index (κ2) is 5.55. The van der Waals surface area contributed by atoms with E-state index in [9.17, 15) is 18.0 Å². The summed E-state index contributed by atoms with van der Waals surface area (Å²) in [5.74, 6) is 0.797. The fourth-order valence-corrected chi connectivity index (χ4v) is 1.68. The summed E-state index contributed by atoms with van der Waals surface area (Å²) in [6.45, 7) is 1.92. The van der Waals surface area contributed by atoms with Gasteiger partial charge in [-0.3, -0.25) is 4.79 Å². The van der Waals surface area contributed by atoms with Gasteiger partial charge >= 0.3 is 6.18 Å². The van der Waals surface area contributed by atoms with Crippen LogP contribution in [0.5, 0.6) is 0 Å². The maximum Gasteiger partial charge on any atom is 0.416 e. The molecule has 2 aromatic rings. The average Bonchev–Trinajstić information content (AvgIpc) is 2.75. The van der Waals surface area contributed by atoms with Crippen LogP contribution in [0.15, 0.2) is 24.3 Å². The van der Waals surface area contributed by atoms with Crippen LogP contribution in [0.1, 0.15) is 27.6 Å². The number of aryl methyl sites for hydroxylation is 1. The summed E-state index contributed by atoms with van der Waals surface area (Å²) >= 11 is 0. The molecule has 0 aliphatic heterocycles. The Labute approximate surface area is 118 Å². The molecule has 112 valence electrons. The molecule has 1 aromatic carbocycles. The van der Waals surface area contributed by atoms with Gasteiger partial charge in [0.15, 0.2) is 5.82 Å². The molecule has 0 radical (unpaired) electrons. The minimum Gasteiger partial charge on any atom is -0.345 e. The molecule has 0 spiro atoms. The molecule has 0 fully saturated rings. The predicted molar refractivity (Wildman–Crippen MR) is 68.4 cm³/mol. The van der Waals surface area contributed by atoms with E-state index in [4.69, 9.17) is 0 Å². The fourth-order valence-electron chi connectivity index (χ4n) is 1.68. The first-order valence-corrected chi connectivity index (χ1v) is 6.09. The van der Waals surface area contributed by atoms with Gasteiger partial charge in [0.2, 0.25) is 0 Å². The minimum atomic E-state index is -4.41. The van der Waals surface area contributed by atoms with Crippen LogP contribution in [0.25, 0.3) is 0 Å². The highest BCUT2D eigenvalue weighted by Crippen LogP contribution is 2.29. The molecular formula is C13H13F3N4O. The highest BCUT2D eigenvalue weighted by Gasteiger charge is 2.30. The van der Waals surface area contributed by atoms with E-state index in [1.807, 2.05) is 0 Å². The van der Waals surface area contributed by atoms with Crippen molar-refractivity contribution >= 4 is 5.91 Å². The number of carbonyl (C=O) groups excluding carboxylic acids is 1. The van der Waals surface area contributed by atoms with E-state index in [2.05, 4.69) is 15.5 Å². The fraction of sp³-hybridized carbons (Fsp3) is 0.308. The van der Waals surface area contributed by atoms with E-state index in [-0.39, 0.29) is 12.1 Å². The maximum atomic E-state index is 12.4. The number of amides is 1. The first-order valence-electron chi connectivity index (χ1n) is 6.09. The number of hydrogen-bond acceptors (Lipinski definition) is 3. The number of nitrogens with one attached hydrogen (secondary N) is 1. The topological polar surface area (TPSA) is 59.8 Å². The van der Waals surface area contributed by atoms with Crippen molar-refractivity contribution in [2.75, 3.05) is 0 Å². The number of halogens is 3. The van der Waals surface area contributed by atoms with Crippen molar-refractivity contribution in [3.8, 4) is 0 Å². The van der Waals surface area contributed by atoms with Gasteiger partial charge in [0.25, 0.3) is 5.91 Å². The largest absolute Gasteiger partial charge is 0.416 e. The summed E-state index contributed by atoms with van der Waals surface area (Å²) in [6, 6.07) is 4.03. The van der Waals surface area contributed by atoms with Crippen LogP contribution in [0.2, 0.25) is 0 Å². The molecule has 5 nitrogen and oxygen atoms in total. The van der Waals surface area contributed by atoms with E-state index >= 15 is 0 Å². The molecule has 21 heavy (non-hydrogen) atoms. The second-order valence-corrected chi connectivity index (χ2v) is 4.48. The molecule has 0 saturated heterocycles. The molecule has 1 aromatic heterocycles. The zero-order valence-electron chi connectivity index (χ0n) is 11.4. The Morgan fingerprint density at radius 3 is 2.33 bits per heavy atom.